The number of halogens is 1. The van der Waals surface area contributed by atoms with Crippen LogP contribution < -0.4 is 15.5 Å². The van der Waals surface area contributed by atoms with Crippen molar-refractivity contribution in [2.45, 2.75) is 31.9 Å². The molecule has 1 aliphatic heterocycles. The van der Waals surface area contributed by atoms with Crippen LogP contribution in [0.2, 0.25) is 0 Å². The number of carbonyl (C=O) groups excluding carboxylic acids is 1. The predicted molar refractivity (Wildman–Crippen MR) is 127 cm³/mol. The van der Waals surface area contributed by atoms with E-state index in [1.165, 1.54) is 6.07 Å². The second-order valence-electron chi connectivity index (χ2n) is 9.16. The summed E-state index contributed by atoms with van der Waals surface area (Å²) in [7, 11) is 0. The molecule has 176 valence electrons. The monoisotopic (exact) mass is 463 g/mol. The largest absolute Gasteiger partial charge is 0.393 e. The summed E-state index contributed by atoms with van der Waals surface area (Å²) in [6.45, 7) is 5.33. The van der Waals surface area contributed by atoms with Crippen LogP contribution in [-0.2, 0) is 0 Å². The molecule has 9 nitrogen and oxygen atoms in total. The number of hydrogen-bond donors (Lipinski definition) is 3. The van der Waals surface area contributed by atoms with E-state index >= 15 is 0 Å². The SMILES string of the molecule is Cc1cn2cc(NC(=O)c3ccc(N4CCNCC4)c4cn(C5CC(O)C5)nc34)cc(F)c2n1. The average Bonchev–Trinajstić information content (AvgIpc) is 3.40. The smallest absolute Gasteiger partial charge is 0.257 e. The van der Waals surface area contributed by atoms with Crippen LogP contribution in [0.3, 0.4) is 0 Å². The van der Waals surface area contributed by atoms with Crippen molar-refractivity contribution in [3.8, 4) is 0 Å². The van der Waals surface area contributed by atoms with Crippen molar-refractivity contribution in [3.05, 3.63) is 53.9 Å². The number of imidazole rings is 1. The highest BCUT2D eigenvalue weighted by atomic mass is 19.1. The van der Waals surface area contributed by atoms with E-state index in [0.717, 1.165) is 37.3 Å². The van der Waals surface area contributed by atoms with Crippen LogP contribution in [-0.4, -0.2) is 62.5 Å². The second kappa shape index (κ2) is 8.07. The van der Waals surface area contributed by atoms with E-state index < -0.39 is 5.82 Å². The van der Waals surface area contributed by atoms with Crippen LogP contribution in [0.1, 0.15) is 34.9 Å². The fourth-order valence-electron chi connectivity index (χ4n) is 4.88. The number of fused-ring (bicyclic) bond motifs is 2. The summed E-state index contributed by atoms with van der Waals surface area (Å²) in [5, 5.41) is 21.6. The molecular formula is C24H26FN7O2. The summed E-state index contributed by atoms with van der Waals surface area (Å²) in [6, 6.07) is 5.15. The van der Waals surface area contributed by atoms with E-state index in [1.807, 2.05) is 16.9 Å². The van der Waals surface area contributed by atoms with Crippen LogP contribution in [0.4, 0.5) is 15.8 Å². The van der Waals surface area contributed by atoms with Crippen molar-refractivity contribution in [3.63, 3.8) is 0 Å². The Morgan fingerprint density at radius 2 is 2.00 bits per heavy atom. The maximum atomic E-state index is 14.5. The first kappa shape index (κ1) is 21.1. The Morgan fingerprint density at radius 3 is 2.76 bits per heavy atom. The van der Waals surface area contributed by atoms with Gasteiger partial charge in [0.2, 0.25) is 0 Å². The van der Waals surface area contributed by atoms with Crippen molar-refractivity contribution >= 4 is 33.8 Å². The number of nitrogens with zero attached hydrogens (tertiary/aromatic N) is 5. The summed E-state index contributed by atoms with van der Waals surface area (Å²) < 4.78 is 18.0. The van der Waals surface area contributed by atoms with Crippen molar-refractivity contribution in [2.24, 2.45) is 0 Å². The average molecular weight is 464 g/mol. The van der Waals surface area contributed by atoms with Crippen molar-refractivity contribution < 1.29 is 14.3 Å². The molecule has 4 aromatic rings. The summed E-state index contributed by atoms with van der Waals surface area (Å²) in [6.07, 6.45) is 6.36. The van der Waals surface area contributed by atoms with Gasteiger partial charge in [-0.15, -0.1) is 0 Å². The first-order chi connectivity index (χ1) is 16.5. The molecule has 3 aromatic heterocycles. The Labute approximate surface area is 195 Å². The van der Waals surface area contributed by atoms with Gasteiger partial charge >= 0.3 is 0 Å². The molecule has 34 heavy (non-hydrogen) atoms. The number of aliphatic hydroxyl groups is 1. The number of benzene rings is 1. The van der Waals surface area contributed by atoms with Crippen LogP contribution in [0.25, 0.3) is 16.6 Å². The molecule has 1 saturated heterocycles. The molecule has 1 aliphatic carbocycles. The van der Waals surface area contributed by atoms with Crippen molar-refractivity contribution in [2.75, 3.05) is 36.4 Å². The minimum absolute atomic E-state index is 0.121. The highest BCUT2D eigenvalue weighted by Gasteiger charge is 2.30. The Balaban J connectivity index is 1.38. The Kier molecular flexibility index (Phi) is 5.00. The zero-order valence-corrected chi connectivity index (χ0v) is 18.8. The molecular weight excluding hydrogens is 437 g/mol. The van der Waals surface area contributed by atoms with Gasteiger partial charge in [-0.1, -0.05) is 0 Å². The Morgan fingerprint density at radius 1 is 1.21 bits per heavy atom. The van der Waals surface area contributed by atoms with Crippen LogP contribution in [0, 0.1) is 12.7 Å². The molecule has 0 unspecified atom stereocenters. The van der Waals surface area contributed by atoms with Gasteiger partial charge in [0.25, 0.3) is 5.91 Å². The zero-order chi connectivity index (χ0) is 23.4. The molecule has 0 atom stereocenters. The molecule has 10 heteroatoms. The molecule has 4 heterocycles. The number of piperazine rings is 1. The number of rotatable bonds is 4. The zero-order valence-electron chi connectivity index (χ0n) is 18.8. The number of nitrogens with one attached hydrogen (secondary N) is 2. The fraction of sp³-hybridized carbons (Fsp3) is 0.375. The molecule has 0 spiro atoms. The van der Waals surface area contributed by atoms with E-state index in [1.54, 1.807) is 29.8 Å². The van der Waals surface area contributed by atoms with Crippen molar-refractivity contribution in [1.29, 1.82) is 0 Å². The lowest BCUT2D eigenvalue weighted by Crippen LogP contribution is -2.43. The van der Waals surface area contributed by atoms with E-state index in [4.69, 9.17) is 5.10 Å². The molecule has 3 N–H and O–H groups in total. The molecule has 1 amide bonds. The van der Waals surface area contributed by atoms with Crippen LogP contribution in [0.15, 0.2) is 36.8 Å². The molecule has 1 aromatic carbocycles. The van der Waals surface area contributed by atoms with Crippen molar-refractivity contribution in [1.82, 2.24) is 24.5 Å². The summed E-state index contributed by atoms with van der Waals surface area (Å²) in [5.41, 5.74) is 3.33. The topological polar surface area (TPSA) is 99.7 Å². The minimum Gasteiger partial charge on any atom is -0.393 e. The maximum Gasteiger partial charge on any atom is 0.257 e. The number of pyridine rings is 1. The van der Waals surface area contributed by atoms with E-state index in [9.17, 15) is 14.3 Å². The Hall–Kier alpha value is -3.50. The van der Waals surface area contributed by atoms with E-state index in [0.29, 0.717) is 35.3 Å². The van der Waals surface area contributed by atoms with Crippen LogP contribution in [0.5, 0.6) is 0 Å². The summed E-state index contributed by atoms with van der Waals surface area (Å²) in [4.78, 5) is 19.8. The Bertz CT molecular complexity index is 1400. The lowest BCUT2D eigenvalue weighted by Gasteiger charge is -2.31. The molecule has 2 fully saturated rings. The van der Waals surface area contributed by atoms with Crippen LogP contribution >= 0.6 is 0 Å². The van der Waals surface area contributed by atoms with Gasteiger partial charge < -0.3 is 25.0 Å². The van der Waals surface area contributed by atoms with Gasteiger partial charge in [0, 0.05) is 61.9 Å². The maximum absolute atomic E-state index is 14.5. The first-order valence-corrected chi connectivity index (χ1v) is 11.6. The number of anilines is 2. The fourth-order valence-corrected chi connectivity index (χ4v) is 4.88. The molecule has 6 rings (SSSR count). The van der Waals surface area contributed by atoms with Gasteiger partial charge in [-0.3, -0.25) is 9.48 Å². The number of aliphatic hydroxyl groups excluding tert-OH is 1. The lowest BCUT2D eigenvalue weighted by molar-refractivity contribution is 0.0437. The third kappa shape index (κ3) is 3.59. The number of aryl methyl sites for hydroxylation is 1. The van der Waals surface area contributed by atoms with E-state index in [-0.39, 0.29) is 23.7 Å². The number of hydrogen-bond acceptors (Lipinski definition) is 6. The molecule has 0 bridgehead atoms. The number of carbonyl (C=O) groups is 1. The normalized spacial score (nSPS) is 20.6. The third-order valence-corrected chi connectivity index (χ3v) is 6.72. The van der Waals surface area contributed by atoms with Gasteiger partial charge in [-0.05, 0) is 31.9 Å². The molecule has 1 saturated carbocycles. The highest BCUT2D eigenvalue weighted by molar-refractivity contribution is 6.13. The van der Waals surface area contributed by atoms with Gasteiger partial charge in [0.05, 0.1) is 29.1 Å². The summed E-state index contributed by atoms with van der Waals surface area (Å²) in [5.74, 6) is -0.857. The first-order valence-electron chi connectivity index (χ1n) is 11.6. The minimum atomic E-state index is -0.502. The van der Waals surface area contributed by atoms with Gasteiger partial charge in [0.1, 0.15) is 5.52 Å². The van der Waals surface area contributed by atoms with Gasteiger partial charge in [-0.25, -0.2) is 9.37 Å². The molecule has 0 radical (unpaired) electrons. The number of amides is 1. The quantitative estimate of drug-likeness (QED) is 0.430. The molecule has 2 aliphatic rings. The van der Waals surface area contributed by atoms with Gasteiger partial charge in [0.15, 0.2) is 11.5 Å². The van der Waals surface area contributed by atoms with Gasteiger partial charge in [-0.2, -0.15) is 5.10 Å². The lowest BCUT2D eigenvalue weighted by atomic mass is 9.90. The number of aromatic nitrogens is 4. The summed E-state index contributed by atoms with van der Waals surface area (Å²) >= 11 is 0. The standard InChI is InChI=1S/C24H26FN7O2/c1-14-11-31-12-15(8-20(25)23(31)27-14)28-24(34)18-2-3-21(30-6-4-26-5-7-30)19-13-32(29-22(18)19)16-9-17(33)10-16/h2-3,8,11-13,16-17,26,33H,4-7,9-10H2,1H3,(H,28,34). The second-order valence-corrected chi connectivity index (χ2v) is 9.16. The van der Waals surface area contributed by atoms with E-state index in [2.05, 4.69) is 20.5 Å². The third-order valence-electron chi connectivity index (χ3n) is 6.72. The predicted octanol–water partition coefficient (Wildman–Crippen LogP) is 2.49. The highest BCUT2D eigenvalue weighted by Crippen LogP contribution is 2.36.